The summed E-state index contributed by atoms with van der Waals surface area (Å²) in [6.45, 7) is 7.23. The van der Waals surface area contributed by atoms with Gasteiger partial charge in [-0.15, -0.1) is 0 Å². The lowest BCUT2D eigenvalue weighted by Gasteiger charge is -2.43. The third-order valence-electron chi connectivity index (χ3n) is 10.8. The molecule has 0 aromatic heterocycles. The highest BCUT2D eigenvalue weighted by molar-refractivity contribution is 5.76. The van der Waals surface area contributed by atoms with Gasteiger partial charge in [0.25, 0.3) is 0 Å². The van der Waals surface area contributed by atoms with E-state index < -0.39 is 6.29 Å². The van der Waals surface area contributed by atoms with Gasteiger partial charge in [-0.25, -0.2) is 0 Å². The van der Waals surface area contributed by atoms with Gasteiger partial charge in [-0.05, 0) is 70.3 Å². The first-order chi connectivity index (χ1) is 26.8. The highest BCUT2D eigenvalue weighted by Crippen LogP contribution is 2.43. The van der Waals surface area contributed by atoms with E-state index in [4.69, 9.17) is 18.9 Å². The third kappa shape index (κ3) is 10.3. The van der Waals surface area contributed by atoms with E-state index in [-0.39, 0.29) is 36.5 Å². The molecule has 2 aliphatic rings. The van der Waals surface area contributed by atoms with Crippen LogP contribution in [-0.2, 0) is 45.2 Å². The maximum atomic E-state index is 12.6. The van der Waals surface area contributed by atoms with Crippen molar-refractivity contribution in [3.63, 3.8) is 0 Å². The second-order valence-corrected chi connectivity index (χ2v) is 14.6. The van der Waals surface area contributed by atoms with Crippen LogP contribution >= 0.6 is 0 Å². The molecule has 4 atom stereocenters. The molecule has 4 unspecified atom stereocenters. The number of unbranched alkanes of at least 4 members (excludes halogenated alkanes) is 2. The van der Waals surface area contributed by atoms with Crippen LogP contribution < -0.4 is 20.1 Å². The van der Waals surface area contributed by atoms with Crippen molar-refractivity contribution in [2.45, 2.75) is 84.1 Å². The molecule has 10 heteroatoms. The fourth-order valence-electron chi connectivity index (χ4n) is 7.59. The van der Waals surface area contributed by atoms with Crippen molar-refractivity contribution in [3.8, 4) is 22.6 Å². The molecular weight excluding hydrogens is 695 g/mol. The van der Waals surface area contributed by atoms with Gasteiger partial charge in [-0.2, -0.15) is 0 Å². The molecule has 2 heterocycles. The molecule has 0 saturated carbocycles. The van der Waals surface area contributed by atoms with Gasteiger partial charge >= 0.3 is 0 Å². The second-order valence-electron chi connectivity index (χ2n) is 14.6. The summed E-state index contributed by atoms with van der Waals surface area (Å²) in [6.07, 6.45) is 3.01. The van der Waals surface area contributed by atoms with E-state index >= 15 is 0 Å². The Morgan fingerprint density at radius 3 is 2.27 bits per heavy atom. The number of aliphatic hydroxyl groups excluding tert-OH is 1. The van der Waals surface area contributed by atoms with Gasteiger partial charge in [0, 0.05) is 57.5 Å². The highest BCUT2D eigenvalue weighted by atomic mass is 16.7. The number of ether oxygens (including phenoxy) is 4. The van der Waals surface area contributed by atoms with Crippen molar-refractivity contribution in [2.75, 3.05) is 33.9 Å². The summed E-state index contributed by atoms with van der Waals surface area (Å²) in [5.74, 6) is 1.56. The Labute approximate surface area is 325 Å². The van der Waals surface area contributed by atoms with Crippen molar-refractivity contribution in [1.82, 2.24) is 15.5 Å². The SMILES string of the molecule is COc1cc2c(cc1OC)CN(CC1OC(c3ccc(-c4ccccc4CNC(=O)CCCCCNC(C)=O)cc3)OC(c3ccc(CO)cc3)C1C)CC2. The van der Waals surface area contributed by atoms with E-state index in [0.29, 0.717) is 19.5 Å². The Balaban J connectivity index is 1.15. The molecular formula is C45H55N3O7. The number of nitrogens with one attached hydrogen (secondary N) is 2. The minimum absolute atomic E-state index is 0.00716. The van der Waals surface area contributed by atoms with Crippen LogP contribution in [0, 0.1) is 5.92 Å². The average molecular weight is 750 g/mol. The lowest BCUT2D eigenvalue weighted by molar-refractivity contribution is -0.276. The summed E-state index contributed by atoms with van der Waals surface area (Å²) in [4.78, 5) is 26.1. The summed E-state index contributed by atoms with van der Waals surface area (Å²) in [6, 6.07) is 28.7. The quantitative estimate of drug-likeness (QED) is 0.105. The first-order valence-corrected chi connectivity index (χ1v) is 19.4. The van der Waals surface area contributed by atoms with Crippen LogP contribution in [0.2, 0.25) is 0 Å². The minimum Gasteiger partial charge on any atom is -0.493 e. The van der Waals surface area contributed by atoms with Crippen LogP contribution in [0.3, 0.4) is 0 Å². The molecule has 1 fully saturated rings. The van der Waals surface area contributed by atoms with Crippen LogP contribution in [0.5, 0.6) is 11.5 Å². The van der Waals surface area contributed by atoms with Crippen molar-refractivity contribution in [1.29, 1.82) is 0 Å². The zero-order valence-electron chi connectivity index (χ0n) is 32.5. The zero-order valence-corrected chi connectivity index (χ0v) is 32.5. The summed E-state index contributed by atoms with van der Waals surface area (Å²) < 4.78 is 24.8. The van der Waals surface area contributed by atoms with Crippen molar-refractivity contribution >= 4 is 11.8 Å². The van der Waals surface area contributed by atoms with Crippen LogP contribution in [0.1, 0.15) is 85.3 Å². The Bertz CT molecular complexity index is 1880. The maximum absolute atomic E-state index is 12.6. The molecule has 4 aromatic rings. The van der Waals surface area contributed by atoms with Crippen molar-refractivity contribution in [3.05, 3.63) is 118 Å². The van der Waals surface area contributed by atoms with Gasteiger partial charge in [0.05, 0.1) is 33.0 Å². The molecule has 6 rings (SSSR count). The van der Waals surface area contributed by atoms with Gasteiger partial charge < -0.3 is 34.7 Å². The van der Waals surface area contributed by atoms with Crippen LogP contribution in [0.15, 0.2) is 84.9 Å². The smallest absolute Gasteiger partial charge is 0.220 e. The average Bonchev–Trinajstić information content (AvgIpc) is 3.21. The number of carbonyl (C=O) groups is 2. The molecule has 0 radical (unpaired) electrons. The molecule has 55 heavy (non-hydrogen) atoms. The molecule has 1 saturated heterocycles. The maximum Gasteiger partial charge on any atom is 0.220 e. The molecule has 10 nitrogen and oxygen atoms in total. The number of methoxy groups -OCH3 is 2. The van der Waals surface area contributed by atoms with Crippen LogP contribution in [-0.4, -0.2) is 61.8 Å². The fourth-order valence-corrected chi connectivity index (χ4v) is 7.59. The number of rotatable bonds is 16. The molecule has 4 aromatic carbocycles. The molecule has 292 valence electrons. The summed E-state index contributed by atoms with van der Waals surface area (Å²) >= 11 is 0. The van der Waals surface area contributed by atoms with Crippen molar-refractivity contribution in [2.24, 2.45) is 5.92 Å². The fraction of sp³-hybridized carbons (Fsp3) is 0.422. The van der Waals surface area contributed by atoms with E-state index in [1.807, 2.05) is 24.3 Å². The predicted octanol–water partition coefficient (Wildman–Crippen LogP) is 7.03. The Hall–Kier alpha value is -4.74. The second kappa shape index (κ2) is 19.2. The predicted molar refractivity (Wildman–Crippen MR) is 212 cm³/mol. The van der Waals surface area contributed by atoms with Gasteiger partial charge in [-0.3, -0.25) is 14.5 Å². The summed E-state index contributed by atoms with van der Waals surface area (Å²) in [7, 11) is 3.34. The van der Waals surface area contributed by atoms with E-state index in [1.54, 1.807) is 14.2 Å². The van der Waals surface area contributed by atoms with E-state index in [2.05, 4.69) is 83.1 Å². The lowest BCUT2D eigenvalue weighted by Crippen LogP contribution is -2.45. The third-order valence-corrected chi connectivity index (χ3v) is 10.8. The van der Waals surface area contributed by atoms with E-state index in [9.17, 15) is 14.7 Å². The number of aliphatic hydroxyl groups is 1. The van der Waals surface area contributed by atoms with Crippen molar-refractivity contribution < 1.29 is 33.6 Å². The summed E-state index contributed by atoms with van der Waals surface area (Å²) in [5.41, 5.74) is 8.52. The Morgan fingerprint density at radius 2 is 1.56 bits per heavy atom. The molecule has 2 aliphatic heterocycles. The molecule has 0 aliphatic carbocycles. The number of nitrogens with zero attached hydrogens (tertiary/aromatic N) is 1. The first-order valence-electron chi connectivity index (χ1n) is 19.4. The number of benzene rings is 4. The zero-order chi connectivity index (χ0) is 38.7. The molecule has 2 amide bonds. The lowest BCUT2D eigenvalue weighted by atomic mass is 9.89. The number of amides is 2. The minimum atomic E-state index is -0.577. The summed E-state index contributed by atoms with van der Waals surface area (Å²) in [5, 5.41) is 15.6. The normalized spacial score (nSPS) is 19.7. The highest BCUT2D eigenvalue weighted by Gasteiger charge is 2.39. The standard InChI is InChI=1S/C45H55N3O7/c1-30-42(28-48-23-21-36-24-40(52-3)41(53-4)25-38(36)27-48)54-45(55-44(30)34-15-13-32(29-49)14-16-34)35-19-17-33(18-20-35)39-11-8-7-10-37(39)26-47-43(51)12-6-5-9-22-46-31(2)50/h7-8,10-11,13-20,24-25,30,42,44-45,49H,5-6,9,12,21-23,26-29H2,1-4H3,(H,46,50)(H,47,51). The van der Waals surface area contributed by atoms with Crippen LogP contribution in [0.4, 0.5) is 0 Å². The van der Waals surface area contributed by atoms with Gasteiger partial charge in [0.1, 0.15) is 0 Å². The molecule has 0 spiro atoms. The largest absolute Gasteiger partial charge is 0.493 e. The van der Waals surface area contributed by atoms with Crippen LogP contribution in [0.25, 0.3) is 11.1 Å². The number of hydrogen-bond donors (Lipinski definition) is 3. The first kappa shape index (κ1) is 39.9. The Morgan fingerprint density at radius 1 is 0.855 bits per heavy atom. The van der Waals surface area contributed by atoms with E-state index in [0.717, 1.165) is 90.2 Å². The molecule has 3 N–H and O–H groups in total. The number of fused-ring (bicyclic) bond motifs is 1. The van der Waals surface area contributed by atoms with Gasteiger partial charge in [0.15, 0.2) is 17.8 Å². The van der Waals surface area contributed by atoms with Gasteiger partial charge in [-0.1, -0.05) is 86.1 Å². The number of carbonyl (C=O) groups excluding carboxylic acids is 2. The topological polar surface area (TPSA) is 119 Å². The van der Waals surface area contributed by atoms with E-state index in [1.165, 1.54) is 18.1 Å². The monoisotopic (exact) mass is 749 g/mol. The van der Waals surface area contributed by atoms with Gasteiger partial charge in [0.2, 0.25) is 11.8 Å². The molecule has 0 bridgehead atoms. The Kier molecular flexibility index (Phi) is 14.0. The number of hydrogen-bond acceptors (Lipinski definition) is 8.